The van der Waals surface area contributed by atoms with Crippen molar-refractivity contribution in [2.45, 2.75) is 10.9 Å². The Morgan fingerprint density at radius 3 is 2.84 bits per heavy atom. The highest BCUT2D eigenvalue weighted by Crippen LogP contribution is 2.15. The van der Waals surface area contributed by atoms with Gasteiger partial charge in [-0.1, -0.05) is 0 Å². The van der Waals surface area contributed by atoms with Crippen molar-refractivity contribution in [3.8, 4) is 0 Å². The summed E-state index contributed by atoms with van der Waals surface area (Å²) < 4.78 is 57.3. The Morgan fingerprint density at radius 2 is 2.21 bits per heavy atom. The first-order valence-corrected chi connectivity index (χ1v) is 7.23. The Bertz CT molecular complexity index is 545. The van der Waals surface area contributed by atoms with Crippen LogP contribution in [0.5, 0.6) is 0 Å². The van der Waals surface area contributed by atoms with Gasteiger partial charge in [0, 0.05) is 25.2 Å². The van der Waals surface area contributed by atoms with E-state index >= 15 is 0 Å². The molecule has 1 aromatic rings. The van der Waals surface area contributed by atoms with Gasteiger partial charge in [-0.2, -0.15) is 0 Å². The number of hydrogen-bond donors (Lipinski definition) is 2. The summed E-state index contributed by atoms with van der Waals surface area (Å²) in [5, 5.41) is 3.06. The molecule has 0 spiro atoms. The lowest BCUT2D eigenvalue weighted by Gasteiger charge is -2.23. The van der Waals surface area contributed by atoms with Crippen LogP contribution in [-0.4, -0.2) is 40.8 Å². The van der Waals surface area contributed by atoms with E-state index in [2.05, 4.69) is 10.0 Å². The number of morpholine rings is 1. The minimum absolute atomic E-state index is 0.0825. The van der Waals surface area contributed by atoms with Crippen LogP contribution < -0.4 is 10.0 Å². The first-order chi connectivity index (χ1) is 8.99. The molecule has 2 N–H and O–H groups in total. The molecule has 5 nitrogen and oxygen atoms in total. The number of sulfonamides is 1. The molecule has 1 aromatic carbocycles. The van der Waals surface area contributed by atoms with Crippen molar-refractivity contribution in [2.75, 3.05) is 26.3 Å². The molecule has 2 rings (SSSR count). The minimum Gasteiger partial charge on any atom is -0.378 e. The third-order valence-corrected chi connectivity index (χ3v) is 4.16. The molecule has 0 saturated carbocycles. The van der Waals surface area contributed by atoms with Gasteiger partial charge in [0.15, 0.2) is 0 Å². The Labute approximate surface area is 110 Å². The van der Waals surface area contributed by atoms with Gasteiger partial charge in [0.1, 0.15) is 16.5 Å². The average molecular weight is 292 g/mol. The monoisotopic (exact) mass is 292 g/mol. The van der Waals surface area contributed by atoms with E-state index in [0.717, 1.165) is 12.1 Å². The quantitative estimate of drug-likeness (QED) is 0.834. The topological polar surface area (TPSA) is 67.4 Å². The van der Waals surface area contributed by atoms with Crippen LogP contribution in [0.25, 0.3) is 0 Å². The molecule has 106 valence electrons. The lowest BCUT2D eigenvalue weighted by Crippen LogP contribution is -2.48. The van der Waals surface area contributed by atoms with Crippen molar-refractivity contribution in [1.82, 2.24) is 10.0 Å². The van der Waals surface area contributed by atoms with Crippen molar-refractivity contribution in [3.05, 3.63) is 29.8 Å². The molecule has 1 atom stereocenters. The highest BCUT2D eigenvalue weighted by molar-refractivity contribution is 7.89. The second-order valence-corrected chi connectivity index (χ2v) is 5.89. The van der Waals surface area contributed by atoms with Crippen LogP contribution in [-0.2, 0) is 14.8 Å². The summed E-state index contributed by atoms with van der Waals surface area (Å²) in [7, 11) is -3.99. The van der Waals surface area contributed by atoms with Gasteiger partial charge in [-0.3, -0.25) is 0 Å². The van der Waals surface area contributed by atoms with E-state index in [0.29, 0.717) is 25.8 Å². The summed E-state index contributed by atoms with van der Waals surface area (Å²) in [5.74, 6) is -1.93. The molecule has 8 heteroatoms. The second kappa shape index (κ2) is 5.91. The Hall–Kier alpha value is -1.09. The van der Waals surface area contributed by atoms with Crippen molar-refractivity contribution in [3.63, 3.8) is 0 Å². The van der Waals surface area contributed by atoms with Gasteiger partial charge in [0.25, 0.3) is 0 Å². The predicted octanol–water partition coefficient (Wildman–Crippen LogP) is 0.232. The number of benzene rings is 1. The molecular weight excluding hydrogens is 278 g/mol. The van der Waals surface area contributed by atoms with Crippen molar-refractivity contribution in [2.24, 2.45) is 0 Å². The van der Waals surface area contributed by atoms with Crippen molar-refractivity contribution >= 4 is 10.0 Å². The molecule has 1 aliphatic heterocycles. The smallest absolute Gasteiger partial charge is 0.243 e. The van der Waals surface area contributed by atoms with Gasteiger partial charge in [0.2, 0.25) is 10.0 Å². The summed E-state index contributed by atoms with van der Waals surface area (Å²) >= 11 is 0. The fourth-order valence-electron chi connectivity index (χ4n) is 1.73. The summed E-state index contributed by atoms with van der Waals surface area (Å²) in [6.07, 6.45) is 0. The van der Waals surface area contributed by atoms with Gasteiger partial charge < -0.3 is 10.1 Å². The molecule has 1 heterocycles. The van der Waals surface area contributed by atoms with Gasteiger partial charge in [-0.15, -0.1) is 0 Å². The fraction of sp³-hybridized carbons (Fsp3) is 0.455. The fourth-order valence-corrected chi connectivity index (χ4v) is 2.87. The highest BCUT2D eigenvalue weighted by atomic mass is 32.2. The normalized spacial score (nSPS) is 20.4. The van der Waals surface area contributed by atoms with Crippen LogP contribution in [0, 0.1) is 11.6 Å². The van der Waals surface area contributed by atoms with Crippen molar-refractivity contribution in [1.29, 1.82) is 0 Å². The molecule has 0 aliphatic carbocycles. The molecule has 0 bridgehead atoms. The summed E-state index contributed by atoms with van der Waals surface area (Å²) in [5.41, 5.74) is 0. The lowest BCUT2D eigenvalue weighted by molar-refractivity contribution is 0.0784. The highest BCUT2D eigenvalue weighted by Gasteiger charge is 2.21. The average Bonchev–Trinajstić information content (AvgIpc) is 2.37. The zero-order valence-corrected chi connectivity index (χ0v) is 10.8. The molecule has 1 saturated heterocycles. The van der Waals surface area contributed by atoms with Crippen LogP contribution in [0.3, 0.4) is 0 Å². The minimum atomic E-state index is -3.99. The molecular formula is C11H14F2N2O3S. The van der Waals surface area contributed by atoms with Gasteiger partial charge in [0.05, 0.1) is 13.2 Å². The Balaban J connectivity index is 2.05. The molecule has 0 amide bonds. The van der Waals surface area contributed by atoms with E-state index in [1.165, 1.54) is 0 Å². The Morgan fingerprint density at radius 1 is 1.42 bits per heavy atom. The zero-order chi connectivity index (χ0) is 13.9. The molecule has 1 fully saturated rings. The number of hydrogen-bond acceptors (Lipinski definition) is 4. The largest absolute Gasteiger partial charge is 0.378 e. The van der Waals surface area contributed by atoms with E-state index < -0.39 is 26.6 Å². The summed E-state index contributed by atoms with van der Waals surface area (Å²) in [6.45, 7) is 1.68. The maximum atomic E-state index is 13.4. The van der Waals surface area contributed by atoms with Crippen molar-refractivity contribution < 1.29 is 21.9 Å². The second-order valence-electron chi connectivity index (χ2n) is 4.15. The predicted molar refractivity (Wildman–Crippen MR) is 64.2 cm³/mol. The first kappa shape index (κ1) is 14.3. The van der Waals surface area contributed by atoms with Crippen LogP contribution in [0.4, 0.5) is 8.78 Å². The SMILES string of the molecule is O=S(=O)(NCC1COCCN1)c1ccc(F)cc1F. The maximum absolute atomic E-state index is 13.4. The molecule has 1 aliphatic rings. The number of rotatable bonds is 4. The number of halogens is 2. The van der Waals surface area contributed by atoms with Crippen LogP contribution >= 0.6 is 0 Å². The third kappa shape index (κ3) is 3.69. The third-order valence-electron chi connectivity index (χ3n) is 2.70. The molecule has 0 radical (unpaired) electrons. The zero-order valence-electron chi connectivity index (χ0n) is 10.0. The number of ether oxygens (including phenoxy) is 1. The van der Waals surface area contributed by atoms with Gasteiger partial charge >= 0.3 is 0 Å². The molecule has 0 aromatic heterocycles. The van der Waals surface area contributed by atoms with Gasteiger partial charge in [-0.05, 0) is 12.1 Å². The number of nitrogens with one attached hydrogen (secondary N) is 2. The molecule has 1 unspecified atom stereocenters. The van der Waals surface area contributed by atoms with Crippen LogP contribution in [0.2, 0.25) is 0 Å². The van der Waals surface area contributed by atoms with E-state index in [1.807, 2.05) is 0 Å². The van der Waals surface area contributed by atoms with Crippen LogP contribution in [0.1, 0.15) is 0 Å². The van der Waals surface area contributed by atoms with Crippen LogP contribution in [0.15, 0.2) is 23.1 Å². The van der Waals surface area contributed by atoms with E-state index in [1.54, 1.807) is 0 Å². The van der Waals surface area contributed by atoms with Gasteiger partial charge in [-0.25, -0.2) is 21.9 Å². The summed E-state index contributed by atoms with van der Waals surface area (Å²) in [6, 6.07) is 2.18. The standard InChI is InChI=1S/C11H14F2N2O3S/c12-8-1-2-11(10(13)5-8)19(16,17)15-6-9-7-18-4-3-14-9/h1-2,5,9,14-15H,3-4,6-7H2. The Kier molecular flexibility index (Phi) is 4.46. The lowest BCUT2D eigenvalue weighted by atomic mass is 10.3. The maximum Gasteiger partial charge on any atom is 0.243 e. The van der Waals surface area contributed by atoms with E-state index in [-0.39, 0.29) is 12.6 Å². The van der Waals surface area contributed by atoms with E-state index in [9.17, 15) is 17.2 Å². The molecule has 19 heavy (non-hydrogen) atoms. The summed E-state index contributed by atoms with van der Waals surface area (Å²) in [4.78, 5) is -0.564. The first-order valence-electron chi connectivity index (χ1n) is 5.75. The van der Waals surface area contributed by atoms with E-state index in [4.69, 9.17) is 4.74 Å².